The van der Waals surface area contributed by atoms with E-state index in [1.165, 1.54) is 6.07 Å². The number of ether oxygens (including phenoxy) is 2. The van der Waals surface area contributed by atoms with Gasteiger partial charge in [0.25, 0.3) is 0 Å². The lowest BCUT2D eigenvalue weighted by Crippen LogP contribution is -2.21. The molecular weight excluding hydrogens is 245 g/mol. The Labute approximate surface area is 113 Å². The van der Waals surface area contributed by atoms with Gasteiger partial charge >= 0.3 is 0 Å². The smallest absolute Gasteiger partial charge is 0.165 e. The maximum absolute atomic E-state index is 13.8. The highest BCUT2D eigenvalue weighted by Crippen LogP contribution is 2.27. The second-order valence-electron chi connectivity index (χ2n) is 5.12. The van der Waals surface area contributed by atoms with Gasteiger partial charge in [-0.25, -0.2) is 4.39 Å². The average Bonchev–Trinajstić information content (AvgIpc) is 2.39. The maximum Gasteiger partial charge on any atom is 0.165 e. The molecule has 0 saturated carbocycles. The number of hydrogen-bond acceptors (Lipinski definition) is 3. The van der Waals surface area contributed by atoms with Crippen molar-refractivity contribution >= 4 is 6.21 Å². The standard InChI is InChI=1S/C15H20FNO2/c1-10(2)14-7-11-8-15(19-5-4-18-3)13(16)6-12(11)9-17-14/h6,8-10,14H,4-5,7H2,1-3H3/t14-/m1/s1. The monoisotopic (exact) mass is 265 g/mol. The molecule has 1 aliphatic heterocycles. The molecule has 3 nitrogen and oxygen atoms in total. The fourth-order valence-corrected chi connectivity index (χ4v) is 2.12. The summed E-state index contributed by atoms with van der Waals surface area (Å²) < 4.78 is 24.1. The molecule has 1 aromatic carbocycles. The van der Waals surface area contributed by atoms with Gasteiger partial charge in [0.1, 0.15) is 6.61 Å². The molecule has 1 aromatic rings. The topological polar surface area (TPSA) is 30.8 Å². The van der Waals surface area contributed by atoms with E-state index in [1.54, 1.807) is 19.4 Å². The summed E-state index contributed by atoms with van der Waals surface area (Å²) in [5, 5.41) is 0. The number of nitrogens with zero attached hydrogens (tertiary/aromatic N) is 1. The molecule has 0 amide bonds. The fraction of sp³-hybridized carbons (Fsp3) is 0.533. The summed E-state index contributed by atoms with van der Waals surface area (Å²) in [6.45, 7) is 5.10. The highest BCUT2D eigenvalue weighted by molar-refractivity contribution is 5.83. The summed E-state index contributed by atoms with van der Waals surface area (Å²) in [7, 11) is 1.59. The van der Waals surface area contributed by atoms with Crippen LogP contribution in [0.1, 0.15) is 25.0 Å². The third kappa shape index (κ3) is 3.32. The van der Waals surface area contributed by atoms with Crippen molar-refractivity contribution in [3.63, 3.8) is 0 Å². The van der Waals surface area contributed by atoms with Gasteiger partial charge in [0.15, 0.2) is 11.6 Å². The molecule has 0 unspecified atom stereocenters. The van der Waals surface area contributed by atoms with Gasteiger partial charge in [-0.1, -0.05) is 13.8 Å². The van der Waals surface area contributed by atoms with E-state index in [4.69, 9.17) is 9.47 Å². The van der Waals surface area contributed by atoms with Gasteiger partial charge in [-0.15, -0.1) is 0 Å². The van der Waals surface area contributed by atoms with E-state index in [-0.39, 0.29) is 11.9 Å². The Morgan fingerprint density at radius 2 is 2.16 bits per heavy atom. The Bertz CT molecular complexity index is 471. The molecule has 4 heteroatoms. The van der Waals surface area contributed by atoms with Crippen molar-refractivity contribution in [1.82, 2.24) is 0 Å². The minimum Gasteiger partial charge on any atom is -0.488 e. The van der Waals surface area contributed by atoms with Crippen LogP contribution in [0.25, 0.3) is 0 Å². The fourth-order valence-electron chi connectivity index (χ4n) is 2.12. The van der Waals surface area contributed by atoms with E-state index in [9.17, 15) is 4.39 Å². The molecule has 0 aromatic heterocycles. The Morgan fingerprint density at radius 1 is 1.37 bits per heavy atom. The van der Waals surface area contributed by atoms with Crippen molar-refractivity contribution in [2.75, 3.05) is 20.3 Å². The molecular formula is C15H20FNO2. The molecule has 1 aliphatic rings. The average molecular weight is 265 g/mol. The normalized spacial score (nSPS) is 17.6. The molecule has 0 spiro atoms. The molecule has 0 fully saturated rings. The van der Waals surface area contributed by atoms with E-state index in [1.807, 2.05) is 0 Å². The second-order valence-corrected chi connectivity index (χ2v) is 5.12. The summed E-state index contributed by atoms with van der Waals surface area (Å²) >= 11 is 0. The van der Waals surface area contributed by atoms with Gasteiger partial charge in [0.2, 0.25) is 0 Å². The maximum atomic E-state index is 13.8. The van der Waals surface area contributed by atoms with Crippen molar-refractivity contribution in [1.29, 1.82) is 0 Å². The summed E-state index contributed by atoms with van der Waals surface area (Å²) in [4.78, 5) is 4.46. The van der Waals surface area contributed by atoms with Crippen LogP contribution in [0.3, 0.4) is 0 Å². The molecule has 0 radical (unpaired) electrons. The lowest BCUT2D eigenvalue weighted by atomic mass is 9.91. The number of rotatable bonds is 5. The van der Waals surface area contributed by atoms with Crippen LogP contribution in [0, 0.1) is 11.7 Å². The van der Waals surface area contributed by atoms with Crippen molar-refractivity contribution < 1.29 is 13.9 Å². The van der Waals surface area contributed by atoms with Gasteiger partial charge in [0.05, 0.1) is 12.6 Å². The van der Waals surface area contributed by atoms with Gasteiger partial charge in [-0.05, 0) is 35.6 Å². The first-order chi connectivity index (χ1) is 9.11. The molecule has 0 N–H and O–H groups in total. The zero-order chi connectivity index (χ0) is 13.8. The third-order valence-corrected chi connectivity index (χ3v) is 3.34. The van der Waals surface area contributed by atoms with Crippen molar-refractivity contribution in [2.24, 2.45) is 10.9 Å². The third-order valence-electron chi connectivity index (χ3n) is 3.34. The minimum atomic E-state index is -0.343. The molecule has 2 rings (SSSR count). The van der Waals surface area contributed by atoms with Gasteiger partial charge in [-0.2, -0.15) is 0 Å². The Balaban J connectivity index is 2.17. The zero-order valence-corrected chi connectivity index (χ0v) is 11.6. The molecule has 1 heterocycles. The number of halogens is 1. The van der Waals surface area contributed by atoms with Crippen molar-refractivity contribution in [3.05, 3.63) is 29.1 Å². The first kappa shape index (κ1) is 14.0. The van der Waals surface area contributed by atoms with Crippen LogP contribution in [0.4, 0.5) is 4.39 Å². The van der Waals surface area contributed by atoms with E-state index >= 15 is 0 Å². The number of fused-ring (bicyclic) bond motifs is 1. The van der Waals surface area contributed by atoms with E-state index in [0.29, 0.717) is 24.9 Å². The summed E-state index contributed by atoms with van der Waals surface area (Å²) in [6, 6.07) is 3.56. The summed E-state index contributed by atoms with van der Waals surface area (Å²) in [5.74, 6) is 0.435. The summed E-state index contributed by atoms with van der Waals surface area (Å²) in [6.07, 6.45) is 2.61. The molecule has 0 bridgehead atoms. The Kier molecular flexibility index (Phi) is 4.53. The Morgan fingerprint density at radius 3 is 2.84 bits per heavy atom. The van der Waals surface area contributed by atoms with Crippen molar-refractivity contribution in [2.45, 2.75) is 26.3 Å². The van der Waals surface area contributed by atoms with Crippen LogP contribution in [-0.2, 0) is 11.2 Å². The van der Waals surface area contributed by atoms with E-state index in [2.05, 4.69) is 18.8 Å². The first-order valence-corrected chi connectivity index (χ1v) is 6.59. The number of benzene rings is 1. The van der Waals surface area contributed by atoms with Gasteiger partial charge in [0, 0.05) is 13.3 Å². The number of aliphatic imine (C=N–C) groups is 1. The number of methoxy groups -OCH3 is 1. The van der Waals surface area contributed by atoms with Crippen molar-refractivity contribution in [3.8, 4) is 5.75 Å². The predicted molar refractivity (Wildman–Crippen MR) is 73.7 cm³/mol. The van der Waals surface area contributed by atoms with Crippen LogP contribution in [-0.4, -0.2) is 32.6 Å². The zero-order valence-electron chi connectivity index (χ0n) is 11.6. The molecule has 104 valence electrons. The molecule has 19 heavy (non-hydrogen) atoms. The van der Waals surface area contributed by atoms with Crippen LogP contribution in [0.5, 0.6) is 5.75 Å². The molecule has 0 saturated heterocycles. The molecule has 1 atom stereocenters. The highest BCUT2D eigenvalue weighted by Gasteiger charge is 2.20. The predicted octanol–water partition coefficient (Wildman–Crippen LogP) is 2.85. The minimum absolute atomic E-state index is 0.268. The van der Waals surface area contributed by atoms with E-state index < -0.39 is 0 Å². The van der Waals surface area contributed by atoms with Crippen LogP contribution in [0.2, 0.25) is 0 Å². The van der Waals surface area contributed by atoms with Crippen LogP contribution in [0.15, 0.2) is 17.1 Å². The molecule has 0 aliphatic carbocycles. The van der Waals surface area contributed by atoms with Gasteiger partial charge in [-0.3, -0.25) is 4.99 Å². The second kappa shape index (κ2) is 6.15. The highest BCUT2D eigenvalue weighted by atomic mass is 19.1. The summed E-state index contributed by atoms with van der Waals surface area (Å²) in [5.41, 5.74) is 1.95. The largest absolute Gasteiger partial charge is 0.488 e. The first-order valence-electron chi connectivity index (χ1n) is 6.59. The quantitative estimate of drug-likeness (QED) is 0.766. The van der Waals surface area contributed by atoms with E-state index in [0.717, 1.165) is 17.5 Å². The van der Waals surface area contributed by atoms with Crippen LogP contribution >= 0.6 is 0 Å². The van der Waals surface area contributed by atoms with Gasteiger partial charge < -0.3 is 9.47 Å². The number of hydrogen-bond donors (Lipinski definition) is 0. The lowest BCUT2D eigenvalue weighted by molar-refractivity contribution is 0.144. The van der Waals surface area contributed by atoms with Crippen LogP contribution < -0.4 is 4.74 Å². The SMILES string of the molecule is COCCOc1cc2c(cc1F)C=N[C@@H](C(C)C)C2. The Hall–Kier alpha value is -1.42. The lowest BCUT2D eigenvalue weighted by Gasteiger charge is -2.22.